The number of hydrogen-bond donors (Lipinski definition) is 1. The van der Waals surface area contributed by atoms with Gasteiger partial charge >= 0.3 is 0 Å². The lowest BCUT2D eigenvalue weighted by Gasteiger charge is -2.19. The Kier molecular flexibility index (Phi) is 4.94. The van der Waals surface area contributed by atoms with Crippen LogP contribution in [0.1, 0.15) is 18.9 Å². The fraction of sp³-hybridized carbons (Fsp3) is 0.438. The van der Waals surface area contributed by atoms with E-state index in [2.05, 4.69) is 11.4 Å². The summed E-state index contributed by atoms with van der Waals surface area (Å²) in [6, 6.07) is 11.7. The van der Waals surface area contributed by atoms with E-state index >= 15 is 0 Å². The maximum Gasteiger partial charge on any atom is 0.240 e. The van der Waals surface area contributed by atoms with Gasteiger partial charge in [0.05, 0.1) is 6.07 Å². The summed E-state index contributed by atoms with van der Waals surface area (Å²) in [4.78, 5) is 25.1. The molecule has 5 nitrogen and oxygen atoms in total. The molecule has 2 amide bonds. The molecule has 0 spiro atoms. The van der Waals surface area contributed by atoms with Crippen molar-refractivity contribution in [3.8, 4) is 6.07 Å². The topological polar surface area (TPSA) is 73.2 Å². The first-order chi connectivity index (χ1) is 10.1. The molecule has 0 aromatic heterocycles. The minimum Gasteiger partial charge on any atom is -0.352 e. The molecule has 1 aromatic carbocycles. The Morgan fingerprint density at radius 2 is 2.14 bits per heavy atom. The zero-order valence-corrected chi connectivity index (χ0v) is 12.1. The normalized spacial score (nSPS) is 18.9. The van der Waals surface area contributed by atoms with Gasteiger partial charge in [-0.2, -0.15) is 5.26 Å². The van der Waals surface area contributed by atoms with Gasteiger partial charge in [-0.15, -0.1) is 0 Å². The van der Waals surface area contributed by atoms with Crippen molar-refractivity contribution < 1.29 is 9.59 Å². The van der Waals surface area contributed by atoms with Gasteiger partial charge in [-0.1, -0.05) is 30.3 Å². The number of nitriles is 1. The van der Waals surface area contributed by atoms with Crippen molar-refractivity contribution in [2.24, 2.45) is 5.92 Å². The number of hydrogen-bond acceptors (Lipinski definition) is 3. The summed E-state index contributed by atoms with van der Waals surface area (Å²) in [5.74, 6) is -0.895. The van der Waals surface area contributed by atoms with E-state index in [0.29, 0.717) is 19.5 Å². The quantitative estimate of drug-likeness (QED) is 0.900. The molecule has 21 heavy (non-hydrogen) atoms. The van der Waals surface area contributed by atoms with Crippen LogP contribution in [0.15, 0.2) is 30.3 Å². The molecule has 2 atom stereocenters. The number of nitrogens with zero attached hydrogens (tertiary/aromatic N) is 2. The fourth-order valence-electron chi connectivity index (χ4n) is 2.62. The smallest absolute Gasteiger partial charge is 0.240 e. The van der Waals surface area contributed by atoms with Gasteiger partial charge < -0.3 is 10.2 Å². The second-order valence-corrected chi connectivity index (χ2v) is 5.34. The summed E-state index contributed by atoms with van der Waals surface area (Å²) >= 11 is 0. The number of amides is 2. The highest BCUT2D eigenvalue weighted by molar-refractivity contribution is 5.82. The van der Waals surface area contributed by atoms with E-state index in [0.717, 1.165) is 12.0 Å². The van der Waals surface area contributed by atoms with Crippen LogP contribution in [-0.4, -0.2) is 35.8 Å². The number of carbonyl (C=O) groups excluding carboxylic acids is 2. The van der Waals surface area contributed by atoms with Crippen molar-refractivity contribution in [3.05, 3.63) is 35.9 Å². The molecule has 1 N–H and O–H groups in total. The first-order valence-corrected chi connectivity index (χ1v) is 7.09. The molecular formula is C16H19N3O2. The van der Waals surface area contributed by atoms with Gasteiger partial charge in [-0.05, 0) is 18.4 Å². The second-order valence-electron chi connectivity index (χ2n) is 5.34. The van der Waals surface area contributed by atoms with Crippen LogP contribution in [0.2, 0.25) is 0 Å². The lowest BCUT2D eigenvalue weighted by molar-refractivity contribution is -0.133. The fourth-order valence-corrected chi connectivity index (χ4v) is 2.62. The Morgan fingerprint density at radius 3 is 2.76 bits per heavy atom. The molecule has 1 aliphatic rings. The monoisotopic (exact) mass is 285 g/mol. The van der Waals surface area contributed by atoms with Crippen molar-refractivity contribution in [3.63, 3.8) is 0 Å². The van der Waals surface area contributed by atoms with E-state index in [9.17, 15) is 14.9 Å². The highest BCUT2D eigenvalue weighted by Gasteiger charge is 2.31. The summed E-state index contributed by atoms with van der Waals surface area (Å²) in [5.41, 5.74) is 0.981. The first kappa shape index (κ1) is 15.0. The maximum absolute atomic E-state index is 12.4. The number of rotatable bonds is 4. The molecule has 2 rings (SSSR count). The van der Waals surface area contributed by atoms with Crippen LogP contribution in [0.5, 0.6) is 0 Å². The van der Waals surface area contributed by atoms with Crippen molar-refractivity contribution >= 4 is 11.8 Å². The van der Waals surface area contributed by atoms with Crippen LogP contribution in [0.3, 0.4) is 0 Å². The lowest BCUT2D eigenvalue weighted by Crippen LogP contribution is -2.39. The molecule has 0 radical (unpaired) electrons. The molecule has 110 valence electrons. The van der Waals surface area contributed by atoms with Crippen LogP contribution >= 0.6 is 0 Å². The van der Waals surface area contributed by atoms with Crippen molar-refractivity contribution in [2.75, 3.05) is 13.1 Å². The van der Waals surface area contributed by atoms with E-state index in [-0.39, 0.29) is 17.9 Å². The molecule has 5 heteroatoms. The number of nitrogens with one attached hydrogen (secondary N) is 1. The van der Waals surface area contributed by atoms with Crippen LogP contribution in [-0.2, 0) is 16.0 Å². The summed E-state index contributed by atoms with van der Waals surface area (Å²) < 4.78 is 0. The molecule has 1 heterocycles. The van der Waals surface area contributed by atoms with Crippen LogP contribution in [0.25, 0.3) is 0 Å². The van der Waals surface area contributed by atoms with E-state index in [1.807, 2.05) is 30.3 Å². The highest BCUT2D eigenvalue weighted by atomic mass is 16.2. The Morgan fingerprint density at radius 1 is 1.43 bits per heavy atom. The van der Waals surface area contributed by atoms with Gasteiger partial charge in [0, 0.05) is 26.1 Å². The minimum atomic E-state index is -0.663. The van der Waals surface area contributed by atoms with Gasteiger partial charge in [0.25, 0.3) is 0 Å². The van der Waals surface area contributed by atoms with Crippen molar-refractivity contribution in [2.45, 2.75) is 25.8 Å². The summed E-state index contributed by atoms with van der Waals surface area (Å²) in [7, 11) is 0. The molecule has 1 fully saturated rings. The zero-order chi connectivity index (χ0) is 15.2. The van der Waals surface area contributed by atoms with E-state index in [4.69, 9.17) is 0 Å². The van der Waals surface area contributed by atoms with Gasteiger partial charge in [0.2, 0.25) is 11.8 Å². The number of likely N-dealkylation sites (tertiary alicyclic amines) is 1. The third-order valence-electron chi connectivity index (χ3n) is 3.64. The third-order valence-corrected chi connectivity index (χ3v) is 3.64. The molecule has 1 aliphatic heterocycles. The Hall–Kier alpha value is -2.35. The predicted molar refractivity (Wildman–Crippen MR) is 78.1 cm³/mol. The lowest BCUT2D eigenvalue weighted by atomic mass is 9.99. The molecule has 1 aromatic rings. The van der Waals surface area contributed by atoms with Crippen LogP contribution in [0.4, 0.5) is 0 Å². The van der Waals surface area contributed by atoms with E-state index in [1.165, 1.54) is 6.92 Å². The predicted octanol–water partition coefficient (Wildman–Crippen LogP) is 1.11. The average molecular weight is 285 g/mol. The van der Waals surface area contributed by atoms with E-state index in [1.54, 1.807) is 4.90 Å². The van der Waals surface area contributed by atoms with E-state index < -0.39 is 5.92 Å². The highest BCUT2D eigenvalue weighted by Crippen LogP contribution is 2.16. The average Bonchev–Trinajstić information content (AvgIpc) is 2.92. The molecule has 0 bridgehead atoms. The summed E-state index contributed by atoms with van der Waals surface area (Å²) in [6.45, 7) is 2.56. The van der Waals surface area contributed by atoms with Gasteiger partial charge in [-0.25, -0.2) is 0 Å². The molecule has 0 saturated carbocycles. The second kappa shape index (κ2) is 6.89. The molecular weight excluding hydrogens is 266 g/mol. The van der Waals surface area contributed by atoms with Gasteiger partial charge in [-0.3, -0.25) is 9.59 Å². The summed E-state index contributed by atoms with van der Waals surface area (Å²) in [5, 5.41) is 12.1. The largest absolute Gasteiger partial charge is 0.352 e. The SMILES string of the molecule is CC(=O)NC1CCN(C(=O)C(C#N)Cc2ccccc2)C1. The van der Waals surface area contributed by atoms with Crippen LogP contribution in [0, 0.1) is 17.2 Å². The Balaban J connectivity index is 1.95. The Bertz CT molecular complexity index is 550. The van der Waals surface area contributed by atoms with Gasteiger partial charge in [0.1, 0.15) is 5.92 Å². The summed E-state index contributed by atoms with van der Waals surface area (Å²) in [6.07, 6.45) is 1.17. The first-order valence-electron chi connectivity index (χ1n) is 7.09. The van der Waals surface area contributed by atoms with Crippen molar-refractivity contribution in [1.82, 2.24) is 10.2 Å². The standard InChI is InChI=1S/C16H19N3O2/c1-12(20)18-15-7-8-19(11-15)16(21)14(10-17)9-13-5-3-2-4-6-13/h2-6,14-15H,7-9,11H2,1H3,(H,18,20). The number of benzene rings is 1. The van der Waals surface area contributed by atoms with Crippen molar-refractivity contribution in [1.29, 1.82) is 5.26 Å². The number of carbonyl (C=O) groups is 2. The van der Waals surface area contributed by atoms with Crippen LogP contribution < -0.4 is 5.32 Å². The zero-order valence-electron chi connectivity index (χ0n) is 12.1. The minimum absolute atomic E-state index is 0.00233. The van der Waals surface area contributed by atoms with Gasteiger partial charge in [0.15, 0.2) is 0 Å². The molecule has 1 saturated heterocycles. The molecule has 0 aliphatic carbocycles. The maximum atomic E-state index is 12.4. The Labute approximate surface area is 124 Å². The third kappa shape index (κ3) is 4.06. The molecule has 2 unspecified atom stereocenters.